The lowest BCUT2D eigenvalue weighted by molar-refractivity contribution is -0.139. The second kappa shape index (κ2) is 9.96. The first-order valence-electron chi connectivity index (χ1n) is 9.19. The number of halogens is 2. The quantitative estimate of drug-likeness (QED) is 0.386. The van der Waals surface area contributed by atoms with E-state index in [1.807, 2.05) is 0 Å². The van der Waals surface area contributed by atoms with E-state index in [1.54, 1.807) is 31.2 Å². The molecule has 9 nitrogen and oxygen atoms in total. The SMILES string of the molecule is CCOc1cc(/C=C2\C(=O)NC(=O)N(c3ccc(Br)cc3)C2=O)cc(Br)c1OCC(=O)O. The van der Waals surface area contributed by atoms with Crippen LogP contribution in [0.5, 0.6) is 11.5 Å². The lowest BCUT2D eigenvalue weighted by Crippen LogP contribution is -2.54. The number of carboxylic acid groups (broad SMARTS) is 1. The van der Waals surface area contributed by atoms with Gasteiger partial charge < -0.3 is 14.6 Å². The number of imide groups is 2. The number of nitrogens with one attached hydrogen (secondary N) is 1. The molecule has 0 bridgehead atoms. The molecule has 0 unspecified atom stereocenters. The van der Waals surface area contributed by atoms with Crippen molar-refractivity contribution in [1.29, 1.82) is 0 Å². The Hall–Kier alpha value is -3.18. The number of carbonyl (C=O) groups excluding carboxylic acids is 3. The summed E-state index contributed by atoms with van der Waals surface area (Å²) >= 11 is 6.58. The molecule has 0 radical (unpaired) electrons. The maximum atomic E-state index is 13.0. The number of ether oxygens (including phenoxy) is 2. The third-order valence-electron chi connectivity index (χ3n) is 4.17. The van der Waals surface area contributed by atoms with Crippen molar-refractivity contribution in [2.75, 3.05) is 18.1 Å². The molecule has 2 aromatic rings. The number of barbiturate groups is 1. The zero-order chi connectivity index (χ0) is 23.4. The van der Waals surface area contributed by atoms with Crippen molar-refractivity contribution in [1.82, 2.24) is 5.32 Å². The Kier molecular flexibility index (Phi) is 7.31. The molecule has 2 aromatic carbocycles. The maximum Gasteiger partial charge on any atom is 0.341 e. The van der Waals surface area contributed by atoms with Gasteiger partial charge in [-0.3, -0.25) is 14.9 Å². The van der Waals surface area contributed by atoms with Gasteiger partial charge >= 0.3 is 12.0 Å². The largest absolute Gasteiger partial charge is 0.490 e. The summed E-state index contributed by atoms with van der Waals surface area (Å²) in [6, 6.07) is 8.63. The number of aliphatic carboxylic acids is 1. The fourth-order valence-electron chi connectivity index (χ4n) is 2.86. The van der Waals surface area contributed by atoms with E-state index in [9.17, 15) is 19.2 Å². The molecule has 1 heterocycles. The van der Waals surface area contributed by atoms with Crippen molar-refractivity contribution in [3.8, 4) is 11.5 Å². The zero-order valence-corrected chi connectivity index (χ0v) is 19.7. The number of rotatable bonds is 7. The van der Waals surface area contributed by atoms with Crippen molar-refractivity contribution in [2.45, 2.75) is 6.92 Å². The van der Waals surface area contributed by atoms with Crippen LogP contribution in [-0.4, -0.2) is 42.1 Å². The van der Waals surface area contributed by atoms with Crippen LogP contribution in [-0.2, 0) is 14.4 Å². The number of hydrogen-bond donors (Lipinski definition) is 2. The summed E-state index contributed by atoms with van der Waals surface area (Å²) in [6.07, 6.45) is 1.31. The standard InChI is InChI=1S/C21H16Br2N2O7/c1-2-31-16-9-11(8-15(23)18(16)32-10-17(26)27)7-14-19(28)24-21(30)25(20(14)29)13-5-3-12(22)4-6-13/h3-9H,2,10H2,1H3,(H,26,27)(H,24,28,30)/b14-7+. The molecule has 3 rings (SSSR count). The molecule has 2 N–H and O–H groups in total. The highest BCUT2D eigenvalue weighted by Crippen LogP contribution is 2.38. The molecule has 4 amide bonds. The van der Waals surface area contributed by atoms with Gasteiger partial charge in [-0.05, 0) is 70.9 Å². The van der Waals surface area contributed by atoms with E-state index >= 15 is 0 Å². The first-order valence-corrected chi connectivity index (χ1v) is 10.8. The minimum atomic E-state index is -1.16. The lowest BCUT2D eigenvalue weighted by Gasteiger charge is -2.26. The van der Waals surface area contributed by atoms with Gasteiger partial charge in [0.1, 0.15) is 5.57 Å². The molecule has 1 aliphatic heterocycles. The molecule has 0 aliphatic carbocycles. The molecule has 1 aliphatic rings. The minimum Gasteiger partial charge on any atom is -0.490 e. The number of amides is 4. The minimum absolute atomic E-state index is 0.169. The molecule has 0 atom stereocenters. The molecule has 0 spiro atoms. The fraction of sp³-hybridized carbons (Fsp3) is 0.143. The summed E-state index contributed by atoms with van der Waals surface area (Å²) in [4.78, 5) is 49.4. The summed E-state index contributed by atoms with van der Waals surface area (Å²) in [5.41, 5.74) is 0.426. The van der Waals surface area contributed by atoms with Gasteiger partial charge in [-0.2, -0.15) is 0 Å². The van der Waals surface area contributed by atoms with Crippen LogP contribution in [0.2, 0.25) is 0 Å². The van der Waals surface area contributed by atoms with Crippen LogP contribution in [0.3, 0.4) is 0 Å². The number of nitrogens with zero attached hydrogens (tertiary/aromatic N) is 1. The molecule has 11 heteroatoms. The highest BCUT2D eigenvalue weighted by molar-refractivity contribution is 9.10. The van der Waals surface area contributed by atoms with Gasteiger partial charge in [0, 0.05) is 4.47 Å². The van der Waals surface area contributed by atoms with Gasteiger partial charge in [-0.25, -0.2) is 14.5 Å². The molecule has 166 valence electrons. The van der Waals surface area contributed by atoms with Gasteiger partial charge in [-0.1, -0.05) is 15.9 Å². The summed E-state index contributed by atoms with van der Waals surface area (Å²) in [7, 11) is 0. The second-order valence-corrected chi connectivity index (χ2v) is 8.15. The van der Waals surface area contributed by atoms with Gasteiger partial charge in [0.15, 0.2) is 18.1 Å². The number of hydrogen-bond acceptors (Lipinski definition) is 6. The predicted octanol–water partition coefficient (Wildman–Crippen LogP) is 3.74. The maximum absolute atomic E-state index is 13.0. The van der Waals surface area contributed by atoms with Crippen LogP contribution in [0.4, 0.5) is 10.5 Å². The van der Waals surface area contributed by atoms with Crippen molar-refractivity contribution in [2.24, 2.45) is 0 Å². The number of anilines is 1. The highest BCUT2D eigenvalue weighted by Gasteiger charge is 2.36. The lowest BCUT2D eigenvalue weighted by atomic mass is 10.1. The van der Waals surface area contributed by atoms with Gasteiger partial charge in [0.2, 0.25) is 0 Å². The predicted molar refractivity (Wildman–Crippen MR) is 122 cm³/mol. The van der Waals surface area contributed by atoms with Gasteiger partial charge in [-0.15, -0.1) is 0 Å². The third-order valence-corrected chi connectivity index (χ3v) is 5.29. The van der Waals surface area contributed by atoms with Crippen LogP contribution < -0.4 is 19.7 Å². The third kappa shape index (κ3) is 5.17. The molecule has 1 saturated heterocycles. The average Bonchev–Trinajstić information content (AvgIpc) is 2.72. The smallest absolute Gasteiger partial charge is 0.341 e. The molecule has 32 heavy (non-hydrogen) atoms. The van der Waals surface area contributed by atoms with Gasteiger partial charge in [0.25, 0.3) is 11.8 Å². The highest BCUT2D eigenvalue weighted by atomic mass is 79.9. The summed E-state index contributed by atoms with van der Waals surface area (Å²) < 4.78 is 11.9. The first kappa shape index (κ1) is 23.5. The fourth-order valence-corrected chi connectivity index (χ4v) is 3.70. The number of carboxylic acids is 1. The van der Waals surface area contributed by atoms with Crippen LogP contribution in [0.1, 0.15) is 12.5 Å². The van der Waals surface area contributed by atoms with E-state index in [0.717, 1.165) is 9.37 Å². The van der Waals surface area contributed by atoms with Crippen molar-refractivity contribution >= 4 is 67.4 Å². The average molecular weight is 568 g/mol. The Labute approximate surface area is 199 Å². The Bertz CT molecular complexity index is 1130. The van der Waals surface area contributed by atoms with E-state index in [-0.39, 0.29) is 23.7 Å². The van der Waals surface area contributed by atoms with Crippen molar-refractivity contribution in [3.05, 3.63) is 56.5 Å². The molecular weight excluding hydrogens is 552 g/mol. The Balaban J connectivity index is 2.00. The van der Waals surface area contributed by atoms with Crippen LogP contribution in [0.15, 0.2) is 50.9 Å². The number of urea groups is 1. The Morgan fingerprint density at radius 3 is 2.44 bits per heavy atom. The first-order chi connectivity index (χ1) is 15.2. The Morgan fingerprint density at radius 1 is 1.12 bits per heavy atom. The van der Waals surface area contributed by atoms with E-state index in [2.05, 4.69) is 37.2 Å². The normalized spacial score (nSPS) is 15.0. The van der Waals surface area contributed by atoms with Crippen LogP contribution >= 0.6 is 31.9 Å². The van der Waals surface area contributed by atoms with E-state index in [4.69, 9.17) is 14.6 Å². The van der Waals surface area contributed by atoms with Crippen molar-refractivity contribution < 1.29 is 33.8 Å². The monoisotopic (exact) mass is 566 g/mol. The molecule has 1 fully saturated rings. The molecule has 0 aromatic heterocycles. The summed E-state index contributed by atoms with van der Waals surface area (Å²) in [5.74, 6) is -2.40. The van der Waals surface area contributed by atoms with Crippen molar-refractivity contribution in [3.63, 3.8) is 0 Å². The summed E-state index contributed by atoms with van der Waals surface area (Å²) in [6.45, 7) is 1.42. The molecule has 0 saturated carbocycles. The van der Waals surface area contributed by atoms with E-state index in [1.165, 1.54) is 18.2 Å². The van der Waals surface area contributed by atoms with E-state index in [0.29, 0.717) is 15.7 Å². The molecular formula is C21H16Br2N2O7. The van der Waals surface area contributed by atoms with Crippen LogP contribution in [0.25, 0.3) is 6.08 Å². The second-order valence-electron chi connectivity index (χ2n) is 6.38. The Morgan fingerprint density at radius 2 is 1.81 bits per heavy atom. The number of benzene rings is 2. The zero-order valence-electron chi connectivity index (χ0n) is 16.6. The van der Waals surface area contributed by atoms with Gasteiger partial charge in [0.05, 0.1) is 16.8 Å². The topological polar surface area (TPSA) is 122 Å². The van der Waals surface area contributed by atoms with E-state index < -0.39 is 30.4 Å². The van der Waals surface area contributed by atoms with Crippen LogP contribution in [0, 0.1) is 0 Å². The summed E-state index contributed by atoms with van der Waals surface area (Å²) in [5, 5.41) is 11.0. The number of carbonyl (C=O) groups is 4.